The number of hydrogen-bond acceptors (Lipinski definition) is 4. The molecule has 2 unspecified atom stereocenters. The minimum Gasteiger partial charge on any atom is -0.490 e. The fourth-order valence-corrected chi connectivity index (χ4v) is 2.07. The first-order valence-corrected chi connectivity index (χ1v) is 7.28. The van der Waals surface area contributed by atoms with Crippen LogP contribution in [0.2, 0.25) is 5.02 Å². The number of benzene rings is 1. The van der Waals surface area contributed by atoms with Crippen LogP contribution in [0.3, 0.4) is 0 Å². The van der Waals surface area contributed by atoms with E-state index in [9.17, 15) is 5.11 Å². The third-order valence-electron chi connectivity index (χ3n) is 2.93. The van der Waals surface area contributed by atoms with Gasteiger partial charge in [0, 0.05) is 23.7 Å². The van der Waals surface area contributed by atoms with Crippen molar-refractivity contribution in [2.75, 3.05) is 26.9 Å². The van der Waals surface area contributed by atoms with E-state index in [4.69, 9.17) is 21.1 Å². The van der Waals surface area contributed by atoms with Crippen molar-refractivity contribution in [1.29, 1.82) is 0 Å². The second kappa shape index (κ2) is 9.19. The number of aliphatic hydroxyl groups excluding tert-OH is 1. The van der Waals surface area contributed by atoms with Crippen LogP contribution in [0.1, 0.15) is 31.9 Å². The van der Waals surface area contributed by atoms with Crippen molar-refractivity contribution >= 4 is 11.6 Å². The molecule has 0 bridgehead atoms. The van der Waals surface area contributed by atoms with Gasteiger partial charge in [-0.3, -0.25) is 0 Å². The van der Waals surface area contributed by atoms with E-state index in [2.05, 4.69) is 19.2 Å². The Hall–Kier alpha value is -0.810. The maximum atomic E-state index is 9.64. The Morgan fingerprint density at radius 3 is 2.75 bits per heavy atom. The summed E-state index contributed by atoms with van der Waals surface area (Å²) in [4.78, 5) is 0. The van der Waals surface area contributed by atoms with E-state index in [0.29, 0.717) is 5.02 Å². The van der Waals surface area contributed by atoms with Gasteiger partial charge in [-0.15, -0.1) is 0 Å². The van der Waals surface area contributed by atoms with Crippen LogP contribution in [0.4, 0.5) is 0 Å². The predicted molar refractivity (Wildman–Crippen MR) is 81.5 cm³/mol. The maximum Gasteiger partial charge on any atom is 0.124 e. The number of methoxy groups -OCH3 is 1. The van der Waals surface area contributed by atoms with E-state index in [1.165, 1.54) is 0 Å². The minimum absolute atomic E-state index is 0.142. The van der Waals surface area contributed by atoms with Crippen LogP contribution in [0.25, 0.3) is 0 Å². The second-order valence-electron chi connectivity index (χ2n) is 4.78. The van der Waals surface area contributed by atoms with Crippen molar-refractivity contribution < 1.29 is 14.6 Å². The molecule has 0 heterocycles. The number of hydrogen-bond donors (Lipinski definition) is 2. The Labute approximate surface area is 126 Å². The lowest BCUT2D eigenvalue weighted by atomic mass is 10.1. The van der Waals surface area contributed by atoms with Gasteiger partial charge in [-0.25, -0.2) is 0 Å². The van der Waals surface area contributed by atoms with E-state index < -0.39 is 6.10 Å². The molecule has 4 nitrogen and oxygen atoms in total. The average Bonchev–Trinajstić information content (AvgIpc) is 2.43. The Kier molecular flexibility index (Phi) is 7.92. The van der Waals surface area contributed by atoms with Crippen molar-refractivity contribution in [1.82, 2.24) is 5.32 Å². The molecule has 1 aromatic carbocycles. The first-order chi connectivity index (χ1) is 9.58. The summed E-state index contributed by atoms with van der Waals surface area (Å²) >= 11 is 6.05. The van der Waals surface area contributed by atoms with Crippen molar-refractivity contribution in [2.45, 2.75) is 32.4 Å². The van der Waals surface area contributed by atoms with E-state index >= 15 is 0 Å². The molecule has 20 heavy (non-hydrogen) atoms. The Balaban J connectivity index is 2.73. The fraction of sp³-hybridized carbons (Fsp3) is 0.600. The van der Waals surface area contributed by atoms with Crippen LogP contribution in [-0.4, -0.2) is 38.1 Å². The van der Waals surface area contributed by atoms with Gasteiger partial charge in [0.05, 0.1) is 6.61 Å². The highest BCUT2D eigenvalue weighted by Crippen LogP contribution is 2.28. The molecule has 0 amide bonds. The van der Waals surface area contributed by atoms with E-state index in [-0.39, 0.29) is 19.3 Å². The molecule has 114 valence electrons. The normalized spacial score (nSPS) is 14.1. The molecule has 0 radical (unpaired) electrons. The van der Waals surface area contributed by atoms with Crippen LogP contribution >= 0.6 is 11.6 Å². The van der Waals surface area contributed by atoms with E-state index in [0.717, 1.165) is 24.3 Å². The van der Waals surface area contributed by atoms with Crippen LogP contribution in [0.5, 0.6) is 5.75 Å². The third kappa shape index (κ3) is 5.67. The largest absolute Gasteiger partial charge is 0.490 e. The quantitative estimate of drug-likeness (QED) is 0.736. The summed E-state index contributed by atoms with van der Waals surface area (Å²) < 4.78 is 10.6. The molecule has 0 aliphatic carbocycles. The predicted octanol–water partition coefficient (Wildman–Crippen LogP) is 2.79. The smallest absolute Gasteiger partial charge is 0.124 e. The molecule has 2 N–H and O–H groups in total. The van der Waals surface area contributed by atoms with Crippen LogP contribution in [0, 0.1) is 0 Å². The first-order valence-electron chi connectivity index (χ1n) is 6.91. The molecule has 0 spiro atoms. The summed E-state index contributed by atoms with van der Waals surface area (Å²) in [6.07, 6.45) is 0.427. The number of nitrogens with one attached hydrogen (secondary N) is 1. The number of aliphatic hydroxyl groups is 1. The molecule has 5 heteroatoms. The summed E-state index contributed by atoms with van der Waals surface area (Å²) in [5.41, 5.74) is 0.996. The maximum absolute atomic E-state index is 9.64. The zero-order chi connectivity index (χ0) is 15.0. The molecular formula is C15H24ClNO3. The molecule has 1 rings (SSSR count). The van der Waals surface area contributed by atoms with Crippen LogP contribution < -0.4 is 10.1 Å². The van der Waals surface area contributed by atoms with E-state index in [1.807, 2.05) is 12.1 Å². The van der Waals surface area contributed by atoms with Crippen LogP contribution in [-0.2, 0) is 4.74 Å². The first kappa shape index (κ1) is 17.2. The van der Waals surface area contributed by atoms with Crippen molar-refractivity contribution in [3.8, 4) is 5.75 Å². The molecule has 0 aliphatic heterocycles. The van der Waals surface area contributed by atoms with E-state index in [1.54, 1.807) is 13.2 Å². The molecule has 0 aliphatic rings. The standard InChI is InChI=1S/C15H24ClNO3/c1-4-7-17-11(2)14-8-12(16)5-6-15(14)20-10-13(18)9-19-3/h5-6,8,11,13,17-18H,4,7,9-10H2,1-3H3. The molecule has 0 saturated carbocycles. The van der Waals surface area contributed by atoms with Crippen LogP contribution in [0.15, 0.2) is 18.2 Å². The SMILES string of the molecule is CCCNC(C)c1cc(Cl)ccc1OCC(O)COC. The highest BCUT2D eigenvalue weighted by atomic mass is 35.5. The minimum atomic E-state index is -0.637. The lowest BCUT2D eigenvalue weighted by Crippen LogP contribution is -2.24. The lowest BCUT2D eigenvalue weighted by Gasteiger charge is -2.19. The number of rotatable bonds is 9. The summed E-state index contributed by atoms with van der Waals surface area (Å²) in [5, 5.41) is 13.7. The summed E-state index contributed by atoms with van der Waals surface area (Å²) in [6, 6.07) is 5.66. The van der Waals surface area contributed by atoms with Gasteiger partial charge in [-0.1, -0.05) is 18.5 Å². The van der Waals surface area contributed by atoms with Gasteiger partial charge in [-0.05, 0) is 38.1 Å². The summed E-state index contributed by atoms with van der Waals surface area (Å²) in [5.74, 6) is 0.737. The lowest BCUT2D eigenvalue weighted by molar-refractivity contribution is 0.0322. The summed E-state index contributed by atoms with van der Waals surface area (Å²) in [7, 11) is 1.55. The molecule has 2 atom stereocenters. The zero-order valence-corrected chi connectivity index (χ0v) is 13.1. The number of ether oxygens (including phenoxy) is 2. The Bertz CT molecular complexity index is 401. The molecule has 0 aromatic heterocycles. The Morgan fingerprint density at radius 2 is 2.10 bits per heavy atom. The number of halogens is 1. The van der Waals surface area contributed by atoms with Gasteiger partial charge in [0.2, 0.25) is 0 Å². The second-order valence-corrected chi connectivity index (χ2v) is 5.21. The highest BCUT2D eigenvalue weighted by molar-refractivity contribution is 6.30. The van der Waals surface area contributed by atoms with Gasteiger partial charge in [0.1, 0.15) is 18.5 Å². The van der Waals surface area contributed by atoms with Gasteiger partial charge in [-0.2, -0.15) is 0 Å². The van der Waals surface area contributed by atoms with Gasteiger partial charge >= 0.3 is 0 Å². The van der Waals surface area contributed by atoms with Crippen molar-refractivity contribution in [2.24, 2.45) is 0 Å². The fourth-order valence-electron chi connectivity index (χ4n) is 1.89. The zero-order valence-electron chi connectivity index (χ0n) is 12.4. The van der Waals surface area contributed by atoms with Gasteiger partial charge < -0.3 is 19.9 Å². The molecule has 1 aromatic rings. The third-order valence-corrected chi connectivity index (χ3v) is 3.16. The molecule has 0 fully saturated rings. The van der Waals surface area contributed by atoms with Gasteiger partial charge in [0.15, 0.2) is 0 Å². The topological polar surface area (TPSA) is 50.7 Å². The summed E-state index contributed by atoms with van der Waals surface area (Å²) in [6.45, 7) is 5.57. The molecule has 0 saturated heterocycles. The monoisotopic (exact) mass is 301 g/mol. The van der Waals surface area contributed by atoms with Crippen molar-refractivity contribution in [3.63, 3.8) is 0 Å². The molecular weight excluding hydrogens is 278 g/mol. The van der Waals surface area contributed by atoms with Crippen molar-refractivity contribution in [3.05, 3.63) is 28.8 Å². The average molecular weight is 302 g/mol. The van der Waals surface area contributed by atoms with Gasteiger partial charge in [0.25, 0.3) is 0 Å². The highest BCUT2D eigenvalue weighted by Gasteiger charge is 2.13. The Morgan fingerprint density at radius 1 is 1.35 bits per heavy atom.